The molecule has 1 aromatic carbocycles. The van der Waals surface area contributed by atoms with E-state index < -0.39 is 23.6 Å². The molecule has 0 heterocycles. The van der Waals surface area contributed by atoms with E-state index in [9.17, 15) is 18.4 Å². The van der Waals surface area contributed by atoms with Gasteiger partial charge in [-0.25, -0.2) is 13.6 Å². The summed E-state index contributed by atoms with van der Waals surface area (Å²) in [6, 6.07) is 2.78. The molecule has 0 aliphatic heterocycles. The van der Waals surface area contributed by atoms with E-state index in [1.165, 1.54) is 12.1 Å². The lowest BCUT2D eigenvalue weighted by molar-refractivity contribution is -0.139. The molecule has 0 saturated carbocycles. The molecule has 1 rings (SSSR count). The van der Waals surface area contributed by atoms with Crippen molar-refractivity contribution in [2.24, 2.45) is 0 Å². The molecule has 98 valence electrons. The van der Waals surface area contributed by atoms with Crippen LogP contribution in [0.1, 0.15) is 5.56 Å². The Balaban J connectivity index is 2.52. The first-order valence-electron chi connectivity index (χ1n) is 4.99. The van der Waals surface area contributed by atoms with Crippen LogP contribution in [0.25, 0.3) is 0 Å². The molecule has 1 aromatic rings. The van der Waals surface area contributed by atoms with Crippen molar-refractivity contribution >= 4 is 24.1 Å². The van der Waals surface area contributed by atoms with Gasteiger partial charge in [-0.05, 0) is 6.07 Å². The molecule has 0 fully saturated rings. The molecule has 1 amide bonds. The maximum absolute atomic E-state index is 13.3. The van der Waals surface area contributed by atoms with E-state index >= 15 is 0 Å². The Morgan fingerprint density at radius 2 is 2.22 bits per heavy atom. The number of hydrogen-bond acceptors (Lipinski definition) is 3. The topological polar surface area (TPSA) is 66.4 Å². The lowest BCUT2D eigenvalue weighted by Gasteiger charge is -2.10. The highest BCUT2D eigenvalue weighted by Crippen LogP contribution is 2.18. The van der Waals surface area contributed by atoms with Crippen LogP contribution in [0.4, 0.5) is 8.78 Å². The third-order valence-corrected chi connectivity index (χ3v) is 3.23. The second kappa shape index (κ2) is 6.95. The van der Waals surface area contributed by atoms with Crippen molar-refractivity contribution in [2.75, 3.05) is 5.75 Å². The zero-order chi connectivity index (χ0) is 13.5. The van der Waals surface area contributed by atoms with Crippen LogP contribution in [-0.4, -0.2) is 29.3 Å². The summed E-state index contributed by atoms with van der Waals surface area (Å²) in [6.45, 7) is 0. The molecule has 0 aromatic heterocycles. The molecule has 0 aliphatic rings. The molecule has 0 spiro atoms. The monoisotopic (exact) mass is 275 g/mol. The number of carboxylic acids is 1. The van der Waals surface area contributed by atoms with E-state index in [4.69, 9.17) is 5.11 Å². The highest BCUT2D eigenvalue weighted by molar-refractivity contribution is 7.98. The van der Waals surface area contributed by atoms with Crippen LogP contribution in [-0.2, 0) is 15.3 Å². The fourth-order valence-corrected chi connectivity index (χ4v) is 2.25. The van der Waals surface area contributed by atoms with Gasteiger partial charge in [0.25, 0.3) is 0 Å². The van der Waals surface area contributed by atoms with Gasteiger partial charge in [0.05, 0.1) is 0 Å². The average molecular weight is 275 g/mol. The van der Waals surface area contributed by atoms with Crippen molar-refractivity contribution in [1.82, 2.24) is 5.32 Å². The number of aliphatic carboxylic acids is 1. The number of benzene rings is 1. The van der Waals surface area contributed by atoms with Gasteiger partial charge >= 0.3 is 5.97 Å². The van der Waals surface area contributed by atoms with Crippen LogP contribution in [0.5, 0.6) is 0 Å². The molecule has 0 aliphatic carbocycles. The first-order valence-corrected chi connectivity index (χ1v) is 6.15. The van der Waals surface area contributed by atoms with Crippen molar-refractivity contribution in [3.63, 3.8) is 0 Å². The smallest absolute Gasteiger partial charge is 0.327 e. The second-order valence-corrected chi connectivity index (χ2v) is 4.43. The molecule has 1 unspecified atom stereocenters. The maximum atomic E-state index is 13.3. The standard InChI is InChI=1S/C11H11F2NO3S/c12-8-3-1-2-7(10(8)13)4-18-5-9(11(16)17)14-6-15/h1-3,6,9H,4-5H2,(H,14,15)(H,16,17). The van der Waals surface area contributed by atoms with E-state index in [1.54, 1.807) is 0 Å². The molecule has 4 nitrogen and oxygen atoms in total. The lowest BCUT2D eigenvalue weighted by Crippen LogP contribution is -2.37. The first-order chi connectivity index (χ1) is 8.56. The number of carbonyl (C=O) groups excluding carboxylic acids is 1. The SMILES string of the molecule is O=CNC(CSCc1cccc(F)c1F)C(=O)O. The summed E-state index contributed by atoms with van der Waals surface area (Å²) < 4.78 is 26.1. The number of hydrogen-bond donors (Lipinski definition) is 2. The van der Waals surface area contributed by atoms with Crippen molar-refractivity contribution in [3.8, 4) is 0 Å². The summed E-state index contributed by atoms with van der Waals surface area (Å²) in [5, 5.41) is 10.9. The molecule has 0 bridgehead atoms. The van der Waals surface area contributed by atoms with Crippen molar-refractivity contribution in [1.29, 1.82) is 0 Å². The van der Waals surface area contributed by atoms with Crippen LogP contribution < -0.4 is 5.32 Å². The Labute approximate surface area is 106 Å². The van der Waals surface area contributed by atoms with Gasteiger partial charge in [-0.1, -0.05) is 12.1 Å². The van der Waals surface area contributed by atoms with E-state index in [-0.39, 0.29) is 17.1 Å². The van der Waals surface area contributed by atoms with Gasteiger partial charge in [-0.15, -0.1) is 0 Å². The predicted octanol–water partition coefficient (Wildman–Crippen LogP) is 1.40. The van der Waals surface area contributed by atoms with E-state index in [1.807, 2.05) is 0 Å². The van der Waals surface area contributed by atoms with E-state index in [2.05, 4.69) is 5.32 Å². The molecule has 2 N–H and O–H groups in total. The minimum atomic E-state index is -1.17. The zero-order valence-corrected chi connectivity index (χ0v) is 10.0. The molecule has 0 saturated heterocycles. The molecular formula is C11H11F2NO3S. The van der Waals surface area contributed by atoms with Crippen LogP contribution in [0, 0.1) is 11.6 Å². The second-order valence-electron chi connectivity index (χ2n) is 3.40. The lowest BCUT2D eigenvalue weighted by atomic mass is 10.2. The van der Waals surface area contributed by atoms with Gasteiger partial charge in [0, 0.05) is 17.1 Å². The van der Waals surface area contributed by atoms with Crippen molar-refractivity contribution in [2.45, 2.75) is 11.8 Å². The molecule has 18 heavy (non-hydrogen) atoms. The normalized spacial score (nSPS) is 11.9. The summed E-state index contributed by atoms with van der Waals surface area (Å²) >= 11 is 1.10. The quantitative estimate of drug-likeness (QED) is 0.738. The highest BCUT2D eigenvalue weighted by Gasteiger charge is 2.16. The number of nitrogens with one attached hydrogen (secondary N) is 1. The number of carbonyl (C=O) groups is 2. The van der Waals surface area contributed by atoms with Crippen molar-refractivity contribution < 1.29 is 23.5 Å². The molecule has 0 radical (unpaired) electrons. The predicted molar refractivity (Wildman–Crippen MR) is 63.1 cm³/mol. The van der Waals surface area contributed by atoms with Crippen molar-refractivity contribution in [3.05, 3.63) is 35.4 Å². The third kappa shape index (κ3) is 3.99. The van der Waals surface area contributed by atoms with E-state index in [0.29, 0.717) is 6.41 Å². The maximum Gasteiger partial charge on any atom is 0.327 e. The molecule has 1 atom stereocenters. The van der Waals surface area contributed by atoms with E-state index in [0.717, 1.165) is 17.8 Å². The number of thioether (sulfide) groups is 1. The Bertz CT molecular complexity index is 442. The Kier molecular flexibility index (Phi) is 5.57. The number of carboxylic acid groups (broad SMARTS) is 1. The minimum absolute atomic E-state index is 0.0734. The van der Waals surface area contributed by atoms with Crippen LogP contribution in [0.3, 0.4) is 0 Å². The summed E-state index contributed by atoms with van der Waals surface area (Å²) in [5.74, 6) is -2.83. The molecule has 7 heteroatoms. The summed E-state index contributed by atoms with van der Waals surface area (Å²) in [7, 11) is 0. The number of halogens is 2. The fourth-order valence-electron chi connectivity index (χ4n) is 1.22. The fraction of sp³-hybridized carbons (Fsp3) is 0.273. The Morgan fingerprint density at radius 1 is 1.50 bits per heavy atom. The Hall–Kier alpha value is -1.63. The minimum Gasteiger partial charge on any atom is -0.480 e. The number of rotatable bonds is 7. The zero-order valence-electron chi connectivity index (χ0n) is 9.23. The van der Waals surface area contributed by atoms with Gasteiger partial charge < -0.3 is 10.4 Å². The summed E-state index contributed by atoms with van der Waals surface area (Å²) in [6.07, 6.45) is 0.294. The third-order valence-electron chi connectivity index (χ3n) is 2.14. The van der Waals surface area contributed by atoms with Gasteiger partial charge in [0.15, 0.2) is 11.6 Å². The first kappa shape index (κ1) is 14.4. The highest BCUT2D eigenvalue weighted by atomic mass is 32.2. The Morgan fingerprint density at radius 3 is 2.83 bits per heavy atom. The van der Waals surface area contributed by atoms with Gasteiger partial charge in [-0.3, -0.25) is 4.79 Å². The largest absolute Gasteiger partial charge is 0.480 e. The van der Waals surface area contributed by atoms with Gasteiger partial charge in [0.1, 0.15) is 6.04 Å². The van der Waals surface area contributed by atoms with Gasteiger partial charge in [0.2, 0.25) is 6.41 Å². The van der Waals surface area contributed by atoms with Gasteiger partial charge in [-0.2, -0.15) is 11.8 Å². The van der Waals surface area contributed by atoms with Crippen LogP contribution in [0.2, 0.25) is 0 Å². The molecular weight excluding hydrogens is 264 g/mol. The average Bonchev–Trinajstić information content (AvgIpc) is 2.33. The van der Waals surface area contributed by atoms with Crippen LogP contribution >= 0.6 is 11.8 Å². The number of amides is 1. The van der Waals surface area contributed by atoms with Crippen LogP contribution in [0.15, 0.2) is 18.2 Å². The summed E-state index contributed by atoms with van der Waals surface area (Å²) in [5.41, 5.74) is 0.162. The summed E-state index contributed by atoms with van der Waals surface area (Å²) in [4.78, 5) is 20.8.